The second-order valence-electron chi connectivity index (χ2n) is 4.42. The minimum absolute atomic E-state index is 0.158. The molecule has 0 bridgehead atoms. The van der Waals surface area contributed by atoms with Gasteiger partial charge < -0.3 is 5.09 Å². The largest absolute Gasteiger partial charge is 0.331 e. The monoisotopic (exact) mass is 299 g/mol. The molecule has 0 saturated carbocycles. The maximum atomic E-state index is 12.8. The predicted octanol–water partition coefficient (Wildman–Crippen LogP) is 3.63. The maximum Gasteiger partial charge on any atom is 0.331 e. The molecule has 7 heteroatoms. The van der Waals surface area contributed by atoms with Gasteiger partial charge in [-0.15, -0.1) is 0 Å². The molecule has 0 aliphatic carbocycles. The van der Waals surface area contributed by atoms with E-state index in [-0.39, 0.29) is 5.16 Å². The molecule has 1 atom stereocenters. The van der Waals surface area contributed by atoms with E-state index in [1.807, 2.05) is 31.2 Å². The van der Waals surface area contributed by atoms with E-state index in [0.29, 0.717) is 5.69 Å². The summed E-state index contributed by atoms with van der Waals surface area (Å²) in [5.74, 6) is 1.38. The Hall–Kier alpha value is -1.45. The second kappa shape index (κ2) is 4.91. The molecule has 2 amide bonds. The van der Waals surface area contributed by atoms with Crippen LogP contribution in [0.15, 0.2) is 35.2 Å². The number of nitrogens with zero attached hydrogens (tertiary/aromatic N) is 2. The maximum absolute atomic E-state index is 12.8. The first-order chi connectivity index (χ1) is 8.83. The highest BCUT2D eigenvalue weighted by atomic mass is 35.5. The summed E-state index contributed by atoms with van der Waals surface area (Å²) in [7, 11) is -0.171. The molecule has 1 N–H and O–H groups in total. The van der Waals surface area contributed by atoms with Crippen LogP contribution in [0.2, 0.25) is 0 Å². The number of carbonyl (C=O) groups excluding carboxylic acids is 1. The second-order valence-corrected chi connectivity index (χ2v) is 7.13. The number of hydrogen-bond donors (Lipinski definition) is 1. The number of benzene rings is 1. The fourth-order valence-electron chi connectivity index (χ4n) is 1.67. The van der Waals surface area contributed by atoms with Gasteiger partial charge in [0, 0.05) is 19.8 Å². The van der Waals surface area contributed by atoms with Gasteiger partial charge in [0.25, 0.3) is 7.44 Å². The quantitative estimate of drug-likeness (QED) is 0.670. The van der Waals surface area contributed by atoms with Crippen molar-refractivity contribution in [3.63, 3.8) is 0 Å². The molecule has 102 valence electrons. The summed E-state index contributed by atoms with van der Waals surface area (Å²) in [6, 6.07) is 7.02. The van der Waals surface area contributed by atoms with Crippen molar-refractivity contribution >= 4 is 30.8 Å². The molecular formula is C12H15ClN3O2P. The third kappa shape index (κ3) is 2.62. The van der Waals surface area contributed by atoms with Crippen LogP contribution >= 0.6 is 19.0 Å². The highest BCUT2D eigenvalue weighted by molar-refractivity contribution is 7.67. The SMILES string of the molecule is Cc1ccc(N[P@]2(=O)C=C(Cl)N(C)C(=O)N2C)cc1. The van der Waals surface area contributed by atoms with Crippen molar-refractivity contribution in [1.82, 2.24) is 9.57 Å². The number of hydrogen-bond acceptors (Lipinski definition) is 2. The van der Waals surface area contributed by atoms with E-state index in [4.69, 9.17) is 11.6 Å². The van der Waals surface area contributed by atoms with Crippen molar-refractivity contribution in [3.8, 4) is 0 Å². The van der Waals surface area contributed by atoms with E-state index >= 15 is 0 Å². The molecule has 0 spiro atoms. The zero-order chi connectivity index (χ0) is 14.2. The first-order valence-corrected chi connectivity index (χ1v) is 7.79. The number of carbonyl (C=O) groups is 1. The Morgan fingerprint density at radius 1 is 1.21 bits per heavy atom. The van der Waals surface area contributed by atoms with Gasteiger partial charge in [0.05, 0.1) is 5.82 Å². The van der Waals surface area contributed by atoms with Crippen LogP contribution < -0.4 is 5.09 Å². The van der Waals surface area contributed by atoms with Crippen molar-refractivity contribution in [2.24, 2.45) is 0 Å². The standard InChI is InChI=1S/C12H15ClN3O2P/c1-9-4-6-10(7-5-9)14-19(18)8-11(13)15(2)12(17)16(19)3/h4-8H,1-3H3,(H,14,18)/t19-/m1/s1. The summed E-state index contributed by atoms with van der Waals surface area (Å²) in [6.45, 7) is 1.97. The van der Waals surface area contributed by atoms with Gasteiger partial charge in [-0.25, -0.2) is 4.79 Å². The van der Waals surface area contributed by atoms with Crippen LogP contribution in [0, 0.1) is 6.92 Å². The molecule has 5 nitrogen and oxygen atoms in total. The Kier molecular flexibility index (Phi) is 3.61. The smallest absolute Gasteiger partial charge is 0.317 e. The molecule has 19 heavy (non-hydrogen) atoms. The Labute approximate surface area is 117 Å². The molecule has 0 saturated heterocycles. The highest BCUT2D eigenvalue weighted by Crippen LogP contribution is 2.54. The van der Waals surface area contributed by atoms with Crippen LogP contribution in [0.5, 0.6) is 0 Å². The number of anilines is 1. The highest BCUT2D eigenvalue weighted by Gasteiger charge is 2.37. The number of rotatable bonds is 2. The summed E-state index contributed by atoms with van der Waals surface area (Å²) in [5.41, 5.74) is 1.78. The average molecular weight is 300 g/mol. The lowest BCUT2D eigenvalue weighted by Gasteiger charge is -2.35. The van der Waals surface area contributed by atoms with E-state index in [0.717, 1.165) is 5.56 Å². The van der Waals surface area contributed by atoms with E-state index in [1.165, 1.54) is 29.5 Å². The number of nitrogens with one attached hydrogen (secondary N) is 1. The summed E-state index contributed by atoms with van der Waals surface area (Å²) in [4.78, 5) is 13.2. The van der Waals surface area contributed by atoms with Crippen molar-refractivity contribution in [2.45, 2.75) is 6.92 Å². The van der Waals surface area contributed by atoms with Crippen molar-refractivity contribution in [1.29, 1.82) is 0 Å². The van der Waals surface area contributed by atoms with Gasteiger partial charge in [-0.3, -0.25) is 14.1 Å². The Bertz CT molecular complexity index is 585. The number of aryl methyl sites for hydroxylation is 1. The summed E-state index contributed by atoms with van der Waals surface area (Å²) < 4.78 is 14.0. The number of urea groups is 1. The lowest BCUT2D eigenvalue weighted by Crippen LogP contribution is -2.39. The Morgan fingerprint density at radius 2 is 1.79 bits per heavy atom. The van der Waals surface area contributed by atoms with E-state index < -0.39 is 13.5 Å². The third-order valence-corrected chi connectivity index (χ3v) is 5.70. The lowest BCUT2D eigenvalue weighted by molar-refractivity contribution is 0.205. The fourth-order valence-corrected chi connectivity index (χ4v) is 3.90. The van der Waals surface area contributed by atoms with Crippen LogP contribution in [0.1, 0.15) is 5.56 Å². The first kappa shape index (κ1) is 14.0. The van der Waals surface area contributed by atoms with Crippen LogP contribution in [-0.4, -0.2) is 29.7 Å². The first-order valence-electron chi connectivity index (χ1n) is 5.68. The number of amides is 2. The zero-order valence-electron chi connectivity index (χ0n) is 10.9. The van der Waals surface area contributed by atoms with Crippen molar-refractivity contribution in [2.75, 3.05) is 19.2 Å². The molecule has 1 heterocycles. The molecule has 0 unspecified atom stereocenters. The topological polar surface area (TPSA) is 52.7 Å². The average Bonchev–Trinajstić information content (AvgIpc) is 2.37. The van der Waals surface area contributed by atoms with Crippen LogP contribution in [0.25, 0.3) is 0 Å². The van der Waals surface area contributed by atoms with E-state index in [1.54, 1.807) is 0 Å². The molecule has 1 aliphatic heterocycles. The third-order valence-electron chi connectivity index (χ3n) is 2.95. The van der Waals surface area contributed by atoms with Gasteiger partial charge in [-0.1, -0.05) is 29.3 Å². The van der Waals surface area contributed by atoms with E-state index in [9.17, 15) is 9.36 Å². The van der Waals surface area contributed by atoms with Crippen molar-refractivity contribution < 1.29 is 9.36 Å². The Balaban J connectivity index is 2.34. The predicted molar refractivity (Wildman–Crippen MR) is 77.3 cm³/mol. The minimum Gasteiger partial charge on any atom is -0.317 e. The van der Waals surface area contributed by atoms with Gasteiger partial charge >= 0.3 is 6.03 Å². The van der Waals surface area contributed by atoms with Gasteiger partial charge in [-0.2, -0.15) is 0 Å². The molecule has 2 rings (SSSR count). The molecular weight excluding hydrogens is 285 g/mol. The summed E-state index contributed by atoms with van der Waals surface area (Å²) in [5, 5.41) is 3.05. The fraction of sp³-hybridized carbons (Fsp3) is 0.250. The van der Waals surface area contributed by atoms with E-state index in [2.05, 4.69) is 5.09 Å². The summed E-state index contributed by atoms with van der Waals surface area (Å²) in [6.07, 6.45) is 0. The van der Waals surface area contributed by atoms with Gasteiger partial charge in [0.1, 0.15) is 5.16 Å². The molecule has 1 aliphatic rings. The lowest BCUT2D eigenvalue weighted by atomic mass is 10.2. The zero-order valence-corrected chi connectivity index (χ0v) is 12.6. The van der Waals surface area contributed by atoms with Crippen LogP contribution in [0.3, 0.4) is 0 Å². The molecule has 0 aromatic heterocycles. The Morgan fingerprint density at radius 3 is 2.37 bits per heavy atom. The molecule has 1 aromatic rings. The van der Waals surface area contributed by atoms with Gasteiger partial charge in [0.2, 0.25) is 0 Å². The number of halogens is 1. The van der Waals surface area contributed by atoms with Crippen LogP contribution in [-0.2, 0) is 4.57 Å². The minimum atomic E-state index is -3.19. The molecule has 0 radical (unpaired) electrons. The molecule has 0 fully saturated rings. The summed E-state index contributed by atoms with van der Waals surface area (Å²) >= 11 is 5.93. The van der Waals surface area contributed by atoms with Gasteiger partial charge in [0.15, 0.2) is 0 Å². The normalized spacial score (nSPS) is 23.4. The van der Waals surface area contributed by atoms with Gasteiger partial charge in [-0.05, 0) is 19.1 Å². The van der Waals surface area contributed by atoms with Crippen molar-refractivity contribution in [3.05, 3.63) is 40.8 Å². The molecule has 1 aromatic carbocycles. The van der Waals surface area contributed by atoms with Crippen LogP contribution in [0.4, 0.5) is 10.5 Å².